The highest BCUT2D eigenvalue weighted by molar-refractivity contribution is 9.10. The number of aryl methyl sites for hydroxylation is 1. The van der Waals surface area contributed by atoms with Gasteiger partial charge in [0.25, 0.3) is 5.91 Å². The van der Waals surface area contributed by atoms with E-state index in [1.165, 1.54) is 11.1 Å². The SMILES string of the molecule is CN(C(=O)c1ccc(N)c(Br)c1)C1CCc2ccccc21. The third-order valence-corrected chi connectivity index (χ3v) is 4.82. The van der Waals surface area contributed by atoms with E-state index in [-0.39, 0.29) is 11.9 Å². The molecule has 0 radical (unpaired) electrons. The number of halogens is 1. The normalized spacial score (nSPS) is 16.6. The number of fused-ring (bicyclic) bond motifs is 1. The highest BCUT2D eigenvalue weighted by Gasteiger charge is 2.28. The van der Waals surface area contributed by atoms with E-state index in [4.69, 9.17) is 5.73 Å². The van der Waals surface area contributed by atoms with Crippen molar-refractivity contribution < 1.29 is 4.79 Å². The fraction of sp³-hybridized carbons (Fsp3) is 0.235. The van der Waals surface area contributed by atoms with Gasteiger partial charge >= 0.3 is 0 Å². The highest BCUT2D eigenvalue weighted by atomic mass is 79.9. The van der Waals surface area contributed by atoms with Gasteiger partial charge in [-0.15, -0.1) is 0 Å². The summed E-state index contributed by atoms with van der Waals surface area (Å²) < 4.78 is 0.758. The number of nitrogens with zero attached hydrogens (tertiary/aromatic N) is 1. The van der Waals surface area contributed by atoms with Crippen molar-refractivity contribution >= 4 is 27.5 Å². The Bertz CT molecular complexity index is 699. The van der Waals surface area contributed by atoms with E-state index in [0.717, 1.165) is 17.3 Å². The molecular formula is C17H17BrN2O. The van der Waals surface area contributed by atoms with Crippen molar-refractivity contribution in [1.29, 1.82) is 0 Å². The van der Waals surface area contributed by atoms with Crippen molar-refractivity contribution in [2.24, 2.45) is 0 Å². The van der Waals surface area contributed by atoms with Crippen molar-refractivity contribution in [2.75, 3.05) is 12.8 Å². The Labute approximate surface area is 132 Å². The second-order valence-electron chi connectivity index (χ2n) is 5.41. The lowest BCUT2D eigenvalue weighted by Gasteiger charge is -2.25. The molecule has 1 amide bonds. The monoisotopic (exact) mass is 344 g/mol. The molecule has 0 saturated carbocycles. The number of amides is 1. The van der Waals surface area contributed by atoms with Crippen molar-refractivity contribution in [2.45, 2.75) is 18.9 Å². The molecule has 0 aliphatic heterocycles. The Hall–Kier alpha value is -1.81. The van der Waals surface area contributed by atoms with Gasteiger partial charge in [-0.05, 0) is 58.1 Å². The summed E-state index contributed by atoms with van der Waals surface area (Å²) in [5, 5.41) is 0. The summed E-state index contributed by atoms with van der Waals surface area (Å²) in [6.45, 7) is 0. The predicted octanol–water partition coefficient (Wildman–Crippen LogP) is 3.79. The minimum atomic E-state index is 0.0254. The number of benzene rings is 2. The maximum atomic E-state index is 12.7. The van der Waals surface area contributed by atoms with Crippen molar-refractivity contribution in [3.63, 3.8) is 0 Å². The zero-order valence-electron chi connectivity index (χ0n) is 11.8. The topological polar surface area (TPSA) is 46.3 Å². The van der Waals surface area contributed by atoms with Crippen LogP contribution in [-0.2, 0) is 6.42 Å². The first-order valence-electron chi connectivity index (χ1n) is 6.98. The minimum absolute atomic E-state index is 0.0254. The average molecular weight is 345 g/mol. The summed E-state index contributed by atoms with van der Waals surface area (Å²) in [7, 11) is 1.87. The molecule has 2 N–H and O–H groups in total. The van der Waals surface area contributed by atoms with Crippen molar-refractivity contribution in [3.8, 4) is 0 Å². The van der Waals surface area contributed by atoms with Crippen LogP contribution >= 0.6 is 15.9 Å². The summed E-state index contributed by atoms with van der Waals surface area (Å²) in [6.07, 6.45) is 2.02. The molecule has 0 heterocycles. The first-order valence-corrected chi connectivity index (χ1v) is 7.77. The van der Waals surface area contributed by atoms with Gasteiger partial charge in [-0.2, -0.15) is 0 Å². The molecule has 1 unspecified atom stereocenters. The number of hydrogen-bond acceptors (Lipinski definition) is 2. The smallest absolute Gasteiger partial charge is 0.254 e. The Kier molecular flexibility index (Phi) is 3.72. The Morgan fingerprint density at radius 3 is 2.81 bits per heavy atom. The molecule has 4 heteroatoms. The van der Waals surface area contributed by atoms with E-state index in [2.05, 4.69) is 34.1 Å². The fourth-order valence-electron chi connectivity index (χ4n) is 2.94. The summed E-state index contributed by atoms with van der Waals surface area (Å²) in [6, 6.07) is 13.8. The second-order valence-corrected chi connectivity index (χ2v) is 6.26. The number of carbonyl (C=O) groups excluding carboxylic acids is 1. The van der Waals surface area contributed by atoms with Crippen LogP contribution in [0.1, 0.15) is 33.9 Å². The molecule has 0 saturated heterocycles. The quantitative estimate of drug-likeness (QED) is 0.842. The van der Waals surface area contributed by atoms with Gasteiger partial charge in [-0.3, -0.25) is 4.79 Å². The molecular weight excluding hydrogens is 328 g/mol. The van der Waals surface area contributed by atoms with Crippen LogP contribution in [-0.4, -0.2) is 17.9 Å². The zero-order chi connectivity index (χ0) is 15.0. The van der Waals surface area contributed by atoms with Crippen LogP contribution in [0.3, 0.4) is 0 Å². The van der Waals surface area contributed by atoms with E-state index in [0.29, 0.717) is 11.3 Å². The van der Waals surface area contributed by atoms with E-state index in [1.807, 2.05) is 18.0 Å². The standard InChI is InChI=1S/C17H17BrN2O/c1-20(16-9-7-11-4-2-3-5-13(11)16)17(21)12-6-8-15(19)14(18)10-12/h2-6,8,10,16H,7,9,19H2,1H3. The van der Waals surface area contributed by atoms with Gasteiger partial charge in [0.1, 0.15) is 0 Å². The molecule has 0 fully saturated rings. The zero-order valence-corrected chi connectivity index (χ0v) is 13.4. The molecule has 108 valence electrons. The highest BCUT2D eigenvalue weighted by Crippen LogP contribution is 2.35. The molecule has 1 atom stereocenters. The second kappa shape index (κ2) is 5.53. The molecule has 3 nitrogen and oxygen atoms in total. The molecule has 1 aliphatic rings. The number of nitrogens with two attached hydrogens (primary N) is 1. The number of anilines is 1. The lowest BCUT2D eigenvalue weighted by Crippen LogP contribution is -2.30. The van der Waals surface area contributed by atoms with Crippen LogP contribution < -0.4 is 5.73 Å². The molecule has 2 aromatic carbocycles. The average Bonchev–Trinajstić information content (AvgIpc) is 2.92. The van der Waals surface area contributed by atoms with E-state index >= 15 is 0 Å². The van der Waals surface area contributed by atoms with E-state index in [9.17, 15) is 4.79 Å². The van der Waals surface area contributed by atoms with Gasteiger partial charge in [0.2, 0.25) is 0 Å². The summed E-state index contributed by atoms with van der Waals surface area (Å²) in [5.41, 5.74) is 9.69. The number of nitrogen functional groups attached to an aromatic ring is 1. The molecule has 0 spiro atoms. The van der Waals surface area contributed by atoms with Gasteiger partial charge < -0.3 is 10.6 Å². The van der Waals surface area contributed by atoms with E-state index in [1.54, 1.807) is 18.2 Å². The Morgan fingerprint density at radius 2 is 2.05 bits per heavy atom. The molecule has 3 rings (SSSR count). The van der Waals surface area contributed by atoms with Gasteiger partial charge in [0.05, 0.1) is 6.04 Å². The van der Waals surface area contributed by atoms with Crippen LogP contribution in [0.15, 0.2) is 46.9 Å². The molecule has 0 bridgehead atoms. The third-order valence-electron chi connectivity index (χ3n) is 4.14. The summed E-state index contributed by atoms with van der Waals surface area (Å²) >= 11 is 3.38. The Morgan fingerprint density at radius 1 is 1.29 bits per heavy atom. The first kappa shape index (κ1) is 14.1. The van der Waals surface area contributed by atoms with Gasteiger partial charge in [-0.1, -0.05) is 24.3 Å². The van der Waals surface area contributed by atoms with Gasteiger partial charge in [0, 0.05) is 22.8 Å². The number of rotatable bonds is 2. The lowest BCUT2D eigenvalue weighted by atomic mass is 10.1. The van der Waals surface area contributed by atoms with Crippen LogP contribution in [0.4, 0.5) is 5.69 Å². The molecule has 1 aliphatic carbocycles. The van der Waals surface area contributed by atoms with Crippen molar-refractivity contribution in [1.82, 2.24) is 4.90 Å². The molecule has 21 heavy (non-hydrogen) atoms. The molecule has 0 aromatic heterocycles. The fourth-order valence-corrected chi connectivity index (χ4v) is 3.32. The minimum Gasteiger partial charge on any atom is -0.398 e. The Balaban J connectivity index is 1.87. The largest absolute Gasteiger partial charge is 0.398 e. The van der Waals surface area contributed by atoms with Crippen LogP contribution in [0, 0.1) is 0 Å². The number of carbonyl (C=O) groups is 1. The third kappa shape index (κ3) is 2.56. The van der Waals surface area contributed by atoms with E-state index < -0.39 is 0 Å². The number of hydrogen-bond donors (Lipinski definition) is 1. The van der Waals surface area contributed by atoms with Crippen LogP contribution in [0.25, 0.3) is 0 Å². The van der Waals surface area contributed by atoms with Gasteiger partial charge in [-0.25, -0.2) is 0 Å². The van der Waals surface area contributed by atoms with Gasteiger partial charge in [0.15, 0.2) is 0 Å². The maximum Gasteiger partial charge on any atom is 0.254 e. The first-order chi connectivity index (χ1) is 10.1. The lowest BCUT2D eigenvalue weighted by molar-refractivity contribution is 0.0730. The predicted molar refractivity (Wildman–Crippen MR) is 88.2 cm³/mol. The van der Waals surface area contributed by atoms with Crippen LogP contribution in [0.5, 0.6) is 0 Å². The molecule has 2 aromatic rings. The maximum absolute atomic E-state index is 12.7. The van der Waals surface area contributed by atoms with Crippen molar-refractivity contribution in [3.05, 3.63) is 63.6 Å². The summed E-state index contributed by atoms with van der Waals surface area (Å²) in [4.78, 5) is 14.5. The summed E-state index contributed by atoms with van der Waals surface area (Å²) in [5.74, 6) is 0.0254. The van der Waals surface area contributed by atoms with Crippen LogP contribution in [0.2, 0.25) is 0 Å².